The highest BCUT2D eigenvalue weighted by Crippen LogP contribution is 2.34. The molecule has 1 aromatic carbocycles. The number of amides is 1. The minimum absolute atomic E-state index is 0.00256. The Morgan fingerprint density at radius 2 is 1.81 bits per heavy atom. The van der Waals surface area contributed by atoms with Crippen molar-refractivity contribution in [2.45, 2.75) is 58.7 Å². The standard InChI is InChI=1S/C23H32N6O2/c1-3-6-16(2)31-23-26-21(24)20-22(27-23)29(15-19(30)25-20)14-18-9-7-17(8-10-18)13-28-11-4-5-12-28/h7-10,16H,3-6,11-15H2,1-2H3,(H,25,30)(H2,24,26,27)/t16-/m1/s1. The molecule has 1 atom stereocenters. The number of rotatable bonds is 8. The second-order valence-corrected chi connectivity index (χ2v) is 8.51. The molecule has 0 bridgehead atoms. The van der Waals surface area contributed by atoms with Gasteiger partial charge >= 0.3 is 6.01 Å². The maximum Gasteiger partial charge on any atom is 0.320 e. The van der Waals surface area contributed by atoms with Crippen LogP contribution in [0.15, 0.2) is 24.3 Å². The third-order valence-corrected chi connectivity index (χ3v) is 5.80. The molecule has 31 heavy (non-hydrogen) atoms. The third-order valence-electron chi connectivity index (χ3n) is 5.80. The molecule has 0 saturated carbocycles. The van der Waals surface area contributed by atoms with Gasteiger partial charge in [-0.05, 0) is 50.4 Å². The highest BCUT2D eigenvalue weighted by atomic mass is 16.5. The first-order chi connectivity index (χ1) is 15.0. The van der Waals surface area contributed by atoms with Gasteiger partial charge in [0.1, 0.15) is 5.69 Å². The molecule has 2 aliphatic heterocycles. The van der Waals surface area contributed by atoms with Crippen LogP contribution >= 0.6 is 0 Å². The first kappa shape index (κ1) is 21.4. The summed E-state index contributed by atoms with van der Waals surface area (Å²) >= 11 is 0. The first-order valence-electron chi connectivity index (χ1n) is 11.2. The number of carbonyl (C=O) groups excluding carboxylic acids is 1. The van der Waals surface area contributed by atoms with Crippen molar-refractivity contribution in [3.05, 3.63) is 35.4 Å². The Hall–Kier alpha value is -2.87. The number of aromatic nitrogens is 2. The van der Waals surface area contributed by atoms with Gasteiger partial charge in [0, 0.05) is 13.1 Å². The molecular formula is C23H32N6O2. The Morgan fingerprint density at radius 3 is 2.48 bits per heavy atom. The molecule has 166 valence electrons. The number of hydrogen-bond acceptors (Lipinski definition) is 7. The number of ether oxygens (including phenoxy) is 1. The fourth-order valence-corrected chi connectivity index (χ4v) is 4.22. The van der Waals surface area contributed by atoms with Crippen molar-refractivity contribution in [1.29, 1.82) is 0 Å². The predicted molar refractivity (Wildman–Crippen MR) is 122 cm³/mol. The molecule has 2 aliphatic rings. The van der Waals surface area contributed by atoms with Crippen molar-refractivity contribution in [1.82, 2.24) is 14.9 Å². The van der Waals surface area contributed by atoms with E-state index in [2.05, 4.69) is 51.4 Å². The van der Waals surface area contributed by atoms with Crippen LogP contribution < -0.4 is 20.7 Å². The van der Waals surface area contributed by atoms with Gasteiger partial charge in [0.05, 0.1) is 12.6 Å². The molecule has 0 unspecified atom stereocenters. The van der Waals surface area contributed by atoms with Crippen LogP contribution in [0.25, 0.3) is 0 Å². The van der Waals surface area contributed by atoms with Gasteiger partial charge in [0.25, 0.3) is 0 Å². The Morgan fingerprint density at radius 1 is 1.13 bits per heavy atom. The number of likely N-dealkylation sites (tertiary alicyclic amines) is 1. The quantitative estimate of drug-likeness (QED) is 0.672. The number of fused-ring (bicyclic) bond motifs is 1. The summed E-state index contributed by atoms with van der Waals surface area (Å²) in [5.41, 5.74) is 9.02. The van der Waals surface area contributed by atoms with Crippen LogP contribution in [0.2, 0.25) is 0 Å². The molecule has 1 amide bonds. The van der Waals surface area contributed by atoms with Crippen LogP contribution in [0.3, 0.4) is 0 Å². The van der Waals surface area contributed by atoms with Crippen LogP contribution in [0.5, 0.6) is 6.01 Å². The smallest absolute Gasteiger partial charge is 0.320 e. The van der Waals surface area contributed by atoms with E-state index in [9.17, 15) is 4.79 Å². The van der Waals surface area contributed by atoms with Crippen molar-refractivity contribution < 1.29 is 9.53 Å². The topological polar surface area (TPSA) is 96.6 Å². The average Bonchev–Trinajstić information content (AvgIpc) is 3.23. The lowest BCUT2D eigenvalue weighted by atomic mass is 10.1. The van der Waals surface area contributed by atoms with Crippen LogP contribution in [0, 0.1) is 0 Å². The van der Waals surface area contributed by atoms with E-state index in [1.165, 1.54) is 31.5 Å². The number of nitrogen functional groups attached to an aromatic ring is 1. The zero-order valence-corrected chi connectivity index (χ0v) is 18.4. The average molecular weight is 425 g/mol. The number of nitrogens with two attached hydrogens (primary N) is 1. The first-order valence-corrected chi connectivity index (χ1v) is 11.2. The van der Waals surface area contributed by atoms with E-state index in [1.54, 1.807) is 0 Å². The fourth-order valence-electron chi connectivity index (χ4n) is 4.22. The van der Waals surface area contributed by atoms with Crippen molar-refractivity contribution in [3.63, 3.8) is 0 Å². The summed E-state index contributed by atoms with van der Waals surface area (Å²) in [6.07, 6.45) is 4.50. The van der Waals surface area contributed by atoms with Gasteiger partial charge in [-0.2, -0.15) is 9.97 Å². The van der Waals surface area contributed by atoms with Crippen molar-refractivity contribution in [2.24, 2.45) is 0 Å². The highest BCUT2D eigenvalue weighted by molar-refractivity contribution is 6.03. The van der Waals surface area contributed by atoms with Gasteiger partial charge in [-0.3, -0.25) is 9.69 Å². The Kier molecular flexibility index (Phi) is 6.56. The summed E-state index contributed by atoms with van der Waals surface area (Å²) in [5, 5.41) is 2.81. The molecule has 1 aromatic heterocycles. The van der Waals surface area contributed by atoms with E-state index < -0.39 is 0 Å². The molecular weight excluding hydrogens is 392 g/mol. The van der Waals surface area contributed by atoms with Gasteiger partial charge in [-0.1, -0.05) is 37.6 Å². The minimum atomic E-state index is -0.124. The van der Waals surface area contributed by atoms with Crippen molar-refractivity contribution >= 4 is 23.2 Å². The second kappa shape index (κ2) is 9.51. The lowest BCUT2D eigenvalue weighted by Crippen LogP contribution is -2.39. The summed E-state index contributed by atoms with van der Waals surface area (Å²) < 4.78 is 5.86. The lowest BCUT2D eigenvalue weighted by Gasteiger charge is -2.30. The summed E-state index contributed by atoms with van der Waals surface area (Å²) in [7, 11) is 0. The predicted octanol–water partition coefficient (Wildman–Crippen LogP) is 3.18. The van der Waals surface area contributed by atoms with Gasteiger partial charge in [0.2, 0.25) is 5.91 Å². The molecule has 1 saturated heterocycles. The number of nitrogens with one attached hydrogen (secondary N) is 1. The maximum atomic E-state index is 12.3. The Bertz CT molecular complexity index is 911. The van der Waals surface area contributed by atoms with E-state index in [0.717, 1.165) is 24.9 Å². The summed E-state index contributed by atoms with van der Waals surface area (Å²) in [6.45, 7) is 8.23. The van der Waals surface area contributed by atoms with E-state index in [-0.39, 0.29) is 30.4 Å². The largest absolute Gasteiger partial charge is 0.460 e. The van der Waals surface area contributed by atoms with E-state index in [1.807, 2.05) is 11.8 Å². The molecule has 1 fully saturated rings. The second-order valence-electron chi connectivity index (χ2n) is 8.51. The molecule has 2 aromatic rings. The SMILES string of the molecule is CCC[C@@H](C)Oc1nc(N)c2c(n1)N(Cc1ccc(CN3CCCC3)cc1)CC(=O)N2. The number of nitrogens with zero attached hydrogens (tertiary/aromatic N) is 4. The molecule has 3 N–H and O–H groups in total. The zero-order valence-electron chi connectivity index (χ0n) is 18.4. The summed E-state index contributed by atoms with van der Waals surface area (Å²) in [6, 6.07) is 8.85. The van der Waals surface area contributed by atoms with E-state index in [0.29, 0.717) is 18.1 Å². The third kappa shape index (κ3) is 5.25. The fraction of sp³-hybridized carbons (Fsp3) is 0.522. The van der Waals surface area contributed by atoms with Gasteiger partial charge in [0.15, 0.2) is 11.6 Å². The molecule has 8 nitrogen and oxygen atoms in total. The maximum absolute atomic E-state index is 12.3. The minimum Gasteiger partial charge on any atom is -0.460 e. The molecule has 8 heteroatoms. The van der Waals surface area contributed by atoms with Crippen LogP contribution in [-0.2, 0) is 17.9 Å². The lowest BCUT2D eigenvalue weighted by molar-refractivity contribution is -0.115. The molecule has 3 heterocycles. The number of hydrogen-bond donors (Lipinski definition) is 2. The Labute approximate surface area is 183 Å². The molecule has 4 rings (SSSR count). The zero-order chi connectivity index (χ0) is 21.8. The van der Waals surface area contributed by atoms with Gasteiger partial charge in [-0.15, -0.1) is 0 Å². The highest BCUT2D eigenvalue weighted by Gasteiger charge is 2.27. The van der Waals surface area contributed by atoms with Gasteiger partial charge < -0.3 is 20.7 Å². The van der Waals surface area contributed by atoms with Crippen LogP contribution in [0.1, 0.15) is 50.7 Å². The van der Waals surface area contributed by atoms with Gasteiger partial charge in [-0.25, -0.2) is 0 Å². The van der Waals surface area contributed by atoms with E-state index in [4.69, 9.17) is 10.5 Å². The van der Waals surface area contributed by atoms with E-state index >= 15 is 0 Å². The van der Waals surface area contributed by atoms with Crippen molar-refractivity contribution in [3.8, 4) is 6.01 Å². The van der Waals surface area contributed by atoms with Crippen LogP contribution in [0.4, 0.5) is 17.3 Å². The molecule has 0 spiro atoms. The Balaban J connectivity index is 1.51. The van der Waals surface area contributed by atoms with Crippen LogP contribution in [-0.4, -0.2) is 46.5 Å². The monoisotopic (exact) mass is 424 g/mol. The number of benzene rings is 1. The normalized spacial score (nSPS) is 17.4. The summed E-state index contributed by atoms with van der Waals surface area (Å²) in [5.74, 6) is 0.705. The number of anilines is 3. The summed E-state index contributed by atoms with van der Waals surface area (Å²) in [4.78, 5) is 25.5. The number of carbonyl (C=O) groups is 1. The molecule has 0 radical (unpaired) electrons. The van der Waals surface area contributed by atoms with Crippen molar-refractivity contribution in [2.75, 3.05) is 35.6 Å². The molecule has 0 aliphatic carbocycles.